The van der Waals surface area contributed by atoms with Gasteiger partial charge in [-0.1, -0.05) is 6.07 Å². The molecule has 0 aliphatic rings. The van der Waals surface area contributed by atoms with Gasteiger partial charge in [-0.15, -0.1) is 0 Å². The molecule has 23 heavy (non-hydrogen) atoms. The van der Waals surface area contributed by atoms with E-state index < -0.39 is 24.3 Å². The zero-order chi connectivity index (χ0) is 17.0. The SMILES string of the molecule is CC(=O)Cc1ccc([C@H](CC(=O)c2ccccn2)C(F)(F)F)o1. The molecule has 0 spiro atoms. The highest BCUT2D eigenvalue weighted by atomic mass is 19.4. The molecular formula is C16H14F3NO3. The minimum Gasteiger partial charge on any atom is -0.465 e. The van der Waals surface area contributed by atoms with Crippen molar-refractivity contribution >= 4 is 11.6 Å². The molecule has 0 unspecified atom stereocenters. The topological polar surface area (TPSA) is 60.2 Å². The Bertz CT molecular complexity index is 692. The Morgan fingerprint density at radius 3 is 2.52 bits per heavy atom. The van der Waals surface area contributed by atoms with Gasteiger partial charge in [0, 0.05) is 12.6 Å². The lowest BCUT2D eigenvalue weighted by Crippen LogP contribution is -2.23. The molecule has 0 saturated heterocycles. The van der Waals surface area contributed by atoms with E-state index in [1.54, 1.807) is 6.07 Å². The Hall–Kier alpha value is -2.44. The maximum Gasteiger partial charge on any atom is 0.399 e. The second-order valence-corrected chi connectivity index (χ2v) is 5.12. The fourth-order valence-corrected chi connectivity index (χ4v) is 2.12. The first-order chi connectivity index (χ1) is 10.8. The average Bonchev–Trinajstić information content (AvgIpc) is 2.91. The van der Waals surface area contributed by atoms with E-state index >= 15 is 0 Å². The lowest BCUT2D eigenvalue weighted by atomic mass is 9.97. The molecule has 2 heterocycles. The van der Waals surface area contributed by atoms with Crippen LogP contribution in [-0.4, -0.2) is 22.7 Å². The average molecular weight is 325 g/mol. The number of nitrogens with zero attached hydrogens (tertiary/aromatic N) is 1. The Morgan fingerprint density at radius 2 is 1.96 bits per heavy atom. The molecule has 0 fully saturated rings. The highest BCUT2D eigenvalue weighted by Crippen LogP contribution is 2.38. The Morgan fingerprint density at radius 1 is 1.22 bits per heavy atom. The fraction of sp³-hybridized carbons (Fsp3) is 0.312. The van der Waals surface area contributed by atoms with Crippen LogP contribution in [0.2, 0.25) is 0 Å². The number of alkyl halides is 3. The standard InChI is InChI=1S/C16H14F3NO3/c1-10(21)8-11-5-6-15(23-11)12(16(17,18)19)9-14(22)13-4-2-3-7-20-13/h2-7,12H,8-9H2,1H3/t12-/m0/s1. The van der Waals surface area contributed by atoms with Crippen molar-refractivity contribution in [3.8, 4) is 0 Å². The number of carbonyl (C=O) groups excluding carboxylic acids is 2. The van der Waals surface area contributed by atoms with Crippen LogP contribution < -0.4 is 0 Å². The summed E-state index contributed by atoms with van der Waals surface area (Å²) in [5.74, 6) is -3.25. The Balaban J connectivity index is 2.23. The first kappa shape index (κ1) is 16.9. The second-order valence-electron chi connectivity index (χ2n) is 5.12. The summed E-state index contributed by atoms with van der Waals surface area (Å²) in [6.45, 7) is 1.31. The van der Waals surface area contributed by atoms with Gasteiger partial charge in [0.1, 0.15) is 28.9 Å². The van der Waals surface area contributed by atoms with Crippen LogP contribution in [0.4, 0.5) is 13.2 Å². The number of furan rings is 1. The molecule has 0 aliphatic carbocycles. The van der Waals surface area contributed by atoms with E-state index in [4.69, 9.17) is 4.42 Å². The minimum absolute atomic E-state index is 0.0303. The summed E-state index contributed by atoms with van der Waals surface area (Å²) < 4.78 is 44.9. The van der Waals surface area contributed by atoms with E-state index in [-0.39, 0.29) is 29.4 Å². The number of Topliss-reactive ketones (excluding diaryl/α,β-unsaturated/α-hetero) is 2. The molecule has 4 nitrogen and oxygen atoms in total. The first-order valence-electron chi connectivity index (χ1n) is 6.86. The fourth-order valence-electron chi connectivity index (χ4n) is 2.12. The van der Waals surface area contributed by atoms with E-state index in [1.165, 1.54) is 31.3 Å². The zero-order valence-electron chi connectivity index (χ0n) is 12.3. The summed E-state index contributed by atoms with van der Waals surface area (Å²) in [5.41, 5.74) is -0.0303. The number of aromatic nitrogens is 1. The lowest BCUT2D eigenvalue weighted by Gasteiger charge is -2.17. The summed E-state index contributed by atoms with van der Waals surface area (Å²) in [5, 5.41) is 0. The normalized spacial score (nSPS) is 12.9. The molecule has 2 rings (SSSR count). The van der Waals surface area contributed by atoms with Crippen molar-refractivity contribution in [2.24, 2.45) is 0 Å². The third-order valence-electron chi connectivity index (χ3n) is 3.18. The van der Waals surface area contributed by atoms with Gasteiger partial charge in [0.2, 0.25) is 0 Å². The van der Waals surface area contributed by atoms with Gasteiger partial charge in [0.05, 0.1) is 6.42 Å². The number of carbonyl (C=O) groups is 2. The van der Waals surface area contributed by atoms with Gasteiger partial charge < -0.3 is 4.42 Å². The molecule has 0 aliphatic heterocycles. The number of rotatable bonds is 6. The number of hydrogen-bond acceptors (Lipinski definition) is 4. The Kier molecular flexibility index (Phi) is 4.98. The van der Waals surface area contributed by atoms with E-state index in [0.29, 0.717) is 0 Å². The zero-order valence-corrected chi connectivity index (χ0v) is 12.3. The van der Waals surface area contributed by atoms with Crippen LogP contribution in [0.1, 0.15) is 41.3 Å². The summed E-state index contributed by atoms with van der Waals surface area (Å²) in [6.07, 6.45) is -4.18. The summed E-state index contributed by atoms with van der Waals surface area (Å²) in [4.78, 5) is 26.8. The third-order valence-corrected chi connectivity index (χ3v) is 3.18. The van der Waals surface area contributed by atoms with Crippen LogP contribution in [-0.2, 0) is 11.2 Å². The summed E-state index contributed by atoms with van der Waals surface area (Å²) >= 11 is 0. The van der Waals surface area contributed by atoms with Crippen LogP contribution in [0.3, 0.4) is 0 Å². The van der Waals surface area contributed by atoms with Crippen molar-refractivity contribution in [3.63, 3.8) is 0 Å². The predicted octanol–water partition coefficient (Wildman–Crippen LogP) is 3.73. The molecule has 2 aromatic heterocycles. The maximum absolute atomic E-state index is 13.3. The summed E-state index contributed by atoms with van der Waals surface area (Å²) in [7, 11) is 0. The quantitative estimate of drug-likeness (QED) is 0.759. The van der Waals surface area contributed by atoms with Gasteiger partial charge in [0.15, 0.2) is 5.78 Å². The van der Waals surface area contributed by atoms with Gasteiger partial charge in [-0.2, -0.15) is 13.2 Å². The van der Waals surface area contributed by atoms with Crippen molar-refractivity contribution < 1.29 is 27.2 Å². The smallest absolute Gasteiger partial charge is 0.399 e. The third kappa shape index (κ3) is 4.51. The van der Waals surface area contributed by atoms with Gasteiger partial charge in [0.25, 0.3) is 0 Å². The van der Waals surface area contributed by atoms with Gasteiger partial charge in [-0.05, 0) is 31.2 Å². The number of pyridine rings is 1. The van der Waals surface area contributed by atoms with Gasteiger partial charge in [-0.3, -0.25) is 14.6 Å². The largest absolute Gasteiger partial charge is 0.465 e. The summed E-state index contributed by atoms with van der Waals surface area (Å²) in [6, 6.07) is 6.93. The van der Waals surface area contributed by atoms with E-state index in [1.807, 2.05) is 0 Å². The molecule has 0 radical (unpaired) electrons. The van der Waals surface area contributed by atoms with E-state index in [9.17, 15) is 22.8 Å². The highest BCUT2D eigenvalue weighted by molar-refractivity contribution is 5.94. The van der Waals surface area contributed by atoms with Gasteiger partial charge in [-0.25, -0.2) is 0 Å². The van der Waals surface area contributed by atoms with Crippen molar-refractivity contribution in [3.05, 3.63) is 53.7 Å². The highest BCUT2D eigenvalue weighted by Gasteiger charge is 2.44. The number of ketones is 2. The molecule has 1 atom stereocenters. The van der Waals surface area contributed by atoms with Crippen molar-refractivity contribution in [2.75, 3.05) is 0 Å². The number of halogens is 3. The van der Waals surface area contributed by atoms with Gasteiger partial charge >= 0.3 is 6.18 Å². The molecule has 0 saturated carbocycles. The lowest BCUT2D eigenvalue weighted by molar-refractivity contribution is -0.153. The van der Waals surface area contributed by atoms with Crippen molar-refractivity contribution in [1.29, 1.82) is 0 Å². The van der Waals surface area contributed by atoms with Crippen LogP contribution in [0.15, 0.2) is 40.9 Å². The maximum atomic E-state index is 13.3. The molecule has 0 bridgehead atoms. The molecular weight excluding hydrogens is 311 g/mol. The minimum atomic E-state index is -4.64. The molecule has 7 heteroatoms. The molecule has 122 valence electrons. The molecule has 0 aromatic carbocycles. The van der Waals surface area contributed by atoms with Crippen LogP contribution in [0.25, 0.3) is 0 Å². The van der Waals surface area contributed by atoms with E-state index in [0.717, 1.165) is 6.07 Å². The van der Waals surface area contributed by atoms with Crippen LogP contribution in [0, 0.1) is 0 Å². The Labute approximate surface area is 130 Å². The molecule has 0 N–H and O–H groups in total. The monoisotopic (exact) mass is 325 g/mol. The van der Waals surface area contributed by atoms with Crippen LogP contribution in [0.5, 0.6) is 0 Å². The molecule has 0 amide bonds. The predicted molar refractivity (Wildman–Crippen MR) is 75.1 cm³/mol. The van der Waals surface area contributed by atoms with E-state index in [2.05, 4.69) is 4.98 Å². The van der Waals surface area contributed by atoms with Crippen molar-refractivity contribution in [2.45, 2.75) is 31.9 Å². The number of hydrogen-bond donors (Lipinski definition) is 0. The van der Waals surface area contributed by atoms with Crippen LogP contribution >= 0.6 is 0 Å². The second kappa shape index (κ2) is 6.76. The molecule has 2 aromatic rings. The first-order valence-corrected chi connectivity index (χ1v) is 6.86. The van der Waals surface area contributed by atoms with Crippen molar-refractivity contribution in [1.82, 2.24) is 4.98 Å².